The second kappa shape index (κ2) is 10.8. The number of hydrogen-bond donors (Lipinski definition) is 0. The number of fused-ring (bicyclic) bond motifs is 1. The second-order valence-corrected chi connectivity index (χ2v) is 6.51. The fourth-order valence-electron chi connectivity index (χ4n) is 3.58. The molecule has 1 aliphatic heterocycles. The predicted octanol–water partition coefficient (Wildman–Crippen LogP) is 4.71. The van der Waals surface area contributed by atoms with Crippen molar-refractivity contribution in [1.82, 2.24) is 4.90 Å². The van der Waals surface area contributed by atoms with E-state index in [9.17, 15) is 4.79 Å². The maximum atomic E-state index is 12.5. The molecule has 3 rings (SSSR count). The van der Waals surface area contributed by atoms with E-state index in [1.807, 2.05) is 20.8 Å². The first kappa shape index (κ1) is 21.1. The van der Waals surface area contributed by atoms with Crippen LogP contribution in [0, 0.1) is 5.92 Å². The zero-order valence-electron chi connectivity index (χ0n) is 17.1. The van der Waals surface area contributed by atoms with Crippen molar-refractivity contribution in [3.8, 4) is 0 Å². The molecule has 0 radical (unpaired) electrons. The summed E-state index contributed by atoms with van der Waals surface area (Å²) in [5, 5.41) is 2.60. The molecule has 2 aromatic carbocycles. The molecule has 146 valence electrons. The first-order valence-electron chi connectivity index (χ1n) is 10.1. The number of rotatable bonds is 5. The Bertz CT molecular complexity index is 757. The lowest BCUT2D eigenvalue weighted by Gasteiger charge is -2.31. The van der Waals surface area contributed by atoms with Crippen LogP contribution in [0.25, 0.3) is 10.8 Å². The smallest absolute Gasteiger partial charge is 0.253 e. The maximum absolute atomic E-state index is 12.5. The van der Waals surface area contributed by atoms with E-state index >= 15 is 0 Å². The van der Waals surface area contributed by atoms with Gasteiger partial charge >= 0.3 is 0 Å². The van der Waals surface area contributed by atoms with Gasteiger partial charge in [-0.05, 0) is 49.2 Å². The number of ether oxygens (including phenoxy) is 1. The van der Waals surface area contributed by atoms with Crippen molar-refractivity contribution in [2.75, 3.05) is 26.7 Å². The van der Waals surface area contributed by atoms with Crippen LogP contribution in [0.2, 0.25) is 0 Å². The molecule has 0 saturated carbocycles. The SMILES string of the molecule is CC.CCOC(=NC)C(=O)C1CCN(Cc2cccc3ccccc23)CC1. The molecule has 0 aliphatic carbocycles. The lowest BCUT2D eigenvalue weighted by atomic mass is 9.92. The lowest BCUT2D eigenvalue weighted by molar-refractivity contribution is -0.119. The molecule has 27 heavy (non-hydrogen) atoms. The van der Waals surface area contributed by atoms with E-state index in [1.165, 1.54) is 16.3 Å². The molecule has 1 fully saturated rings. The standard InChI is InChI=1S/C21H26N2O2.C2H6/c1-3-25-21(22-2)20(24)17-11-13-23(14-12-17)15-18-9-6-8-16-7-4-5-10-19(16)18;1-2/h4-10,17H,3,11-15H2,1-2H3;1-2H3. The third-order valence-electron chi connectivity index (χ3n) is 4.93. The number of benzene rings is 2. The highest BCUT2D eigenvalue weighted by molar-refractivity contribution is 6.37. The molecular weight excluding hydrogens is 336 g/mol. The van der Waals surface area contributed by atoms with Crippen molar-refractivity contribution in [3.63, 3.8) is 0 Å². The number of likely N-dealkylation sites (tertiary alicyclic amines) is 1. The number of aliphatic imine (C=N–C) groups is 1. The molecule has 1 saturated heterocycles. The van der Waals surface area contributed by atoms with Crippen LogP contribution < -0.4 is 0 Å². The molecule has 4 heteroatoms. The van der Waals surface area contributed by atoms with Crippen molar-refractivity contribution in [1.29, 1.82) is 0 Å². The van der Waals surface area contributed by atoms with Gasteiger partial charge < -0.3 is 4.74 Å². The Balaban J connectivity index is 0.00000126. The van der Waals surface area contributed by atoms with Crippen LogP contribution in [-0.2, 0) is 16.1 Å². The van der Waals surface area contributed by atoms with Gasteiger partial charge in [0.05, 0.1) is 6.61 Å². The Morgan fingerprint density at radius 3 is 2.44 bits per heavy atom. The van der Waals surface area contributed by atoms with Crippen LogP contribution in [0.3, 0.4) is 0 Å². The first-order valence-corrected chi connectivity index (χ1v) is 10.1. The average molecular weight is 369 g/mol. The highest BCUT2D eigenvalue weighted by atomic mass is 16.5. The summed E-state index contributed by atoms with van der Waals surface area (Å²) >= 11 is 0. The molecule has 0 unspecified atom stereocenters. The van der Waals surface area contributed by atoms with Crippen LogP contribution in [0.15, 0.2) is 47.5 Å². The average Bonchev–Trinajstić information content (AvgIpc) is 2.74. The monoisotopic (exact) mass is 368 g/mol. The van der Waals surface area contributed by atoms with E-state index in [1.54, 1.807) is 7.05 Å². The summed E-state index contributed by atoms with van der Waals surface area (Å²) in [6, 6.07) is 15.0. The fraction of sp³-hybridized carbons (Fsp3) is 0.478. The van der Waals surface area contributed by atoms with Gasteiger partial charge in [-0.15, -0.1) is 0 Å². The van der Waals surface area contributed by atoms with Gasteiger partial charge in [-0.25, -0.2) is 0 Å². The second-order valence-electron chi connectivity index (χ2n) is 6.51. The van der Waals surface area contributed by atoms with E-state index in [0.29, 0.717) is 6.61 Å². The molecule has 0 atom stereocenters. The molecule has 1 aliphatic rings. The van der Waals surface area contributed by atoms with E-state index < -0.39 is 0 Å². The minimum Gasteiger partial charge on any atom is -0.476 e. The van der Waals surface area contributed by atoms with Gasteiger partial charge in [-0.3, -0.25) is 14.7 Å². The van der Waals surface area contributed by atoms with Gasteiger partial charge in [0.1, 0.15) is 0 Å². The Labute approximate surface area is 163 Å². The zero-order chi connectivity index (χ0) is 19.6. The summed E-state index contributed by atoms with van der Waals surface area (Å²) in [5.41, 5.74) is 1.35. The van der Waals surface area contributed by atoms with Crippen LogP contribution in [0.1, 0.15) is 39.2 Å². The van der Waals surface area contributed by atoms with Crippen molar-refractivity contribution in [2.24, 2.45) is 10.9 Å². The number of carbonyl (C=O) groups excluding carboxylic acids is 1. The van der Waals surface area contributed by atoms with Gasteiger partial charge in [0, 0.05) is 19.5 Å². The van der Waals surface area contributed by atoms with E-state index in [-0.39, 0.29) is 17.6 Å². The Kier molecular flexibility index (Phi) is 8.46. The Morgan fingerprint density at radius 2 is 1.78 bits per heavy atom. The molecule has 4 nitrogen and oxygen atoms in total. The summed E-state index contributed by atoms with van der Waals surface area (Å²) in [6.45, 7) is 9.16. The topological polar surface area (TPSA) is 41.9 Å². The third-order valence-corrected chi connectivity index (χ3v) is 4.93. The van der Waals surface area contributed by atoms with Crippen LogP contribution in [-0.4, -0.2) is 43.3 Å². The molecule has 0 amide bonds. The molecule has 0 spiro atoms. The van der Waals surface area contributed by atoms with Gasteiger partial charge in [0.25, 0.3) is 5.90 Å². The number of ketones is 1. The quantitative estimate of drug-likeness (QED) is 0.567. The van der Waals surface area contributed by atoms with Gasteiger partial charge in [0.2, 0.25) is 5.78 Å². The molecule has 2 aromatic rings. The van der Waals surface area contributed by atoms with Crippen LogP contribution in [0.4, 0.5) is 0 Å². The molecule has 0 aromatic heterocycles. The minimum atomic E-state index is 0.0361. The highest BCUT2D eigenvalue weighted by Crippen LogP contribution is 2.24. The summed E-state index contributed by atoms with van der Waals surface area (Å²) in [7, 11) is 1.62. The predicted molar refractivity (Wildman–Crippen MR) is 113 cm³/mol. The van der Waals surface area contributed by atoms with Crippen molar-refractivity contribution in [2.45, 2.75) is 40.2 Å². The van der Waals surface area contributed by atoms with E-state index in [0.717, 1.165) is 32.5 Å². The number of carbonyl (C=O) groups is 1. The van der Waals surface area contributed by atoms with E-state index in [4.69, 9.17) is 4.74 Å². The molecule has 0 bridgehead atoms. The van der Waals surface area contributed by atoms with Crippen LogP contribution >= 0.6 is 0 Å². The summed E-state index contributed by atoms with van der Waals surface area (Å²) < 4.78 is 5.36. The summed E-state index contributed by atoms with van der Waals surface area (Å²) in [4.78, 5) is 18.9. The largest absolute Gasteiger partial charge is 0.476 e. The summed E-state index contributed by atoms with van der Waals surface area (Å²) in [5.74, 6) is 0.387. The number of Topliss-reactive ketones (excluding diaryl/α,β-unsaturated/α-hetero) is 1. The van der Waals surface area contributed by atoms with Crippen molar-refractivity contribution >= 4 is 22.5 Å². The first-order chi connectivity index (χ1) is 13.2. The Hall–Kier alpha value is -2.20. The summed E-state index contributed by atoms with van der Waals surface area (Å²) in [6.07, 6.45) is 1.74. The number of hydrogen-bond acceptors (Lipinski definition) is 4. The highest BCUT2D eigenvalue weighted by Gasteiger charge is 2.28. The number of piperidine rings is 1. The Morgan fingerprint density at radius 1 is 1.11 bits per heavy atom. The van der Waals surface area contributed by atoms with Gasteiger partial charge in [-0.2, -0.15) is 0 Å². The fourth-order valence-corrected chi connectivity index (χ4v) is 3.58. The van der Waals surface area contributed by atoms with Crippen molar-refractivity contribution in [3.05, 3.63) is 48.0 Å². The van der Waals surface area contributed by atoms with Crippen molar-refractivity contribution < 1.29 is 9.53 Å². The molecule has 0 N–H and O–H groups in total. The molecule has 1 heterocycles. The normalized spacial score (nSPS) is 15.9. The van der Waals surface area contributed by atoms with Crippen LogP contribution in [0.5, 0.6) is 0 Å². The van der Waals surface area contributed by atoms with Gasteiger partial charge in [0.15, 0.2) is 0 Å². The zero-order valence-corrected chi connectivity index (χ0v) is 17.1. The van der Waals surface area contributed by atoms with E-state index in [2.05, 4.69) is 52.4 Å². The molecular formula is C23H32N2O2. The minimum absolute atomic E-state index is 0.0361. The van der Waals surface area contributed by atoms with Gasteiger partial charge in [-0.1, -0.05) is 56.3 Å². The maximum Gasteiger partial charge on any atom is 0.253 e. The third kappa shape index (κ3) is 5.39. The number of nitrogens with zero attached hydrogens (tertiary/aromatic N) is 2. The lowest BCUT2D eigenvalue weighted by Crippen LogP contribution is -2.38.